The van der Waals surface area contributed by atoms with Crippen molar-refractivity contribution in [2.75, 3.05) is 12.3 Å². The van der Waals surface area contributed by atoms with Gasteiger partial charge in [0, 0.05) is 17.6 Å². The molecule has 92 valence electrons. The molecule has 17 heavy (non-hydrogen) atoms. The van der Waals surface area contributed by atoms with Crippen molar-refractivity contribution in [3.05, 3.63) is 47.5 Å². The summed E-state index contributed by atoms with van der Waals surface area (Å²) in [7, 11) is -3.61. The van der Waals surface area contributed by atoms with Crippen LogP contribution in [0.25, 0.3) is 0 Å². The molecule has 0 saturated heterocycles. The predicted octanol–water partition coefficient (Wildman–Crippen LogP) is 1.54. The van der Waals surface area contributed by atoms with Gasteiger partial charge in [-0.05, 0) is 0 Å². The third kappa shape index (κ3) is 5.12. The maximum absolute atomic E-state index is 11.6. The molecule has 1 aromatic carbocycles. The van der Waals surface area contributed by atoms with E-state index in [1.54, 1.807) is 30.3 Å². The summed E-state index contributed by atoms with van der Waals surface area (Å²) in [5, 5.41) is 0. The molecule has 0 saturated carbocycles. The van der Waals surface area contributed by atoms with Crippen molar-refractivity contribution >= 4 is 27.4 Å². The smallest absolute Gasteiger partial charge is 0.219 e. The number of Topliss-reactive ketones (excluding diaryl/α,β-unsaturated/α-hetero) is 1. The van der Waals surface area contributed by atoms with E-state index in [-0.39, 0.29) is 6.54 Å². The summed E-state index contributed by atoms with van der Waals surface area (Å²) in [5.74, 6) is -0.999. The van der Waals surface area contributed by atoms with Gasteiger partial charge in [0.1, 0.15) is 5.75 Å². The van der Waals surface area contributed by atoms with Gasteiger partial charge in [0.2, 0.25) is 10.0 Å². The molecule has 0 spiro atoms. The summed E-state index contributed by atoms with van der Waals surface area (Å²) in [5.41, 5.74) is 1.59. The van der Waals surface area contributed by atoms with Crippen molar-refractivity contribution in [3.63, 3.8) is 0 Å². The molecule has 0 heterocycles. The lowest BCUT2D eigenvalue weighted by Crippen LogP contribution is -2.30. The Morgan fingerprint density at radius 2 is 1.94 bits per heavy atom. The zero-order chi connectivity index (χ0) is 12.7. The van der Waals surface area contributed by atoms with Crippen LogP contribution in [-0.2, 0) is 10.0 Å². The first-order chi connectivity index (χ1) is 8.05. The van der Waals surface area contributed by atoms with E-state index in [0.29, 0.717) is 5.56 Å². The van der Waals surface area contributed by atoms with Crippen LogP contribution in [0, 0.1) is 0 Å². The molecule has 1 N–H and O–H groups in total. The van der Waals surface area contributed by atoms with E-state index in [1.165, 1.54) is 11.6 Å². The number of hydrogen-bond acceptors (Lipinski definition) is 3. The number of rotatable bonds is 6. The summed E-state index contributed by atoms with van der Waals surface area (Å²) < 4.78 is 25.2. The molecule has 4 nitrogen and oxygen atoms in total. The molecule has 0 aliphatic carbocycles. The van der Waals surface area contributed by atoms with Gasteiger partial charge in [-0.15, -0.1) is 0 Å². The van der Waals surface area contributed by atoms with Crippen molar-refractivity contribution < 1.29 is 13.2 Å². The third-order valence-electron chi connectivity index (χ3n) is 1.93. The van der Waals surface area contributed by atoms with Crippen molar-refractivity contribution in [1.29, 1.82) is 0 Å². The van der Waals surface area contributed by atoms with Crippen LogP contribution in [0.4, 0.5) is 0 Å². The van der Waals surface area contributed by atoms with Crippen LogP contribution >= 0.6 is 11.6 Å². The van der Waals surface area contributed by atoms with Gasteiger partial charge in [0.15, 0.2) is 5.78 Å². The van der Waals surface area contributed by atoms with Crippen LogP contribution in [0.1, 0.15) is 10.4 Å². The average Bonchev–Trinajstić information content (AvgIpc) is 2.30. The molecule has 0 fully saturated rings. The highest BCUT2D eigenvalue weighted by molar-refractivity contribution is 7.90. The summed E-state index contributed by atoms with van der Waals surface area (Å²) in [6.07, 6.45) is 1.44. The summed E-state index contributed by atoms with van der Waals surface area (Å²) in [4.78, 5) is 11.6. The van der Waals surface area contributed by atoms with E-state index in [9.17, 15) is 13.2 Å². The Balaban J connectivity index is 2.62. The monoisotopic (exact) mass is 273 g/mol. The number of carbonyl (C=O) groups is 1. The highest BCUT2D eigenvalue weighted by atomic mass is 35.5. The Morgan fingerprint density at radius 1 is 1.29 bits per heavy atom. The van der Waals surface area contributed by atoms with Gasteiger partial charge in [0.05, 0.1) is 0 Å². The molecule has 0 amide bonds. The van der Waals surface area contributed by atoms with Crippen LogP contribution in [-0.4, -0.2) is 26.5 Å². The Kier molecular flexibility index (Phi) is 5.34. The Hall–Kier alpha value is -1.17. The van der Waals surface area contributed by atoms with Gasteiger partial charge in [-0.1, -0.05) is 48.0 Å². The van der Waals surface area contributed by atoms with E-state index >= 15 is 0 Å². The van der Waals surface area contributed by atoms with Crippen molar-refractivity contribution in [2.24, 2.45) is 0 Å². The molecule has 0 aromatic heterocycles. The third-order valence-corrected chi connectivity index (χ3v) is 3.35. The molecule has 0 aliphatic heterocycles. The molecule has 6 heteroatoms. The van der Waals surface area contributed by atoms with Gasteiger partial charge in [0.25, 0.3) is 0 Å². The summed E-state index contributed by atoms with van der Waals surface area (Å²) in [6.45, 7) is 0.0773. The molecule has 0 unspecified atom stereocenters. The zero-order valence-corrected chi connectivity index (χ0v) is 10.5. The summed E-state index contributed by atoms with van der Waals surface area (Å²) >= 11 is 5.25. The molecule has 1 rings (SSSR count). The lowest BCUT2D eigenvalue weighted by atomic mass is 10.2. The molecule has 0 bridgehead atoms. The van der Waals surface area contributed by atoms with Gasteiger partial charge < -0.3 is 0 Å². The second-order valence-electron chi connectivity index (χ2n) is 3.26. The van der Waals surface area contributed by atoms with Crippen LogP contribution < -0.4 is 4.72 Å². The van der Waals surface area contributed by atoms with Gasteiger partial charge in [-0.3, -0.25) is 4.79 Å². The number of carbonyl (C=O) groups excluding carboxylic acids is 1. The minimum absolute atomic E-state index is 0.0773. The number of sulfonamides is 1. The maximum atomic E-state index is 11.6. The maximum Gasteiger partial charge on any atom is 0.219 e. The first-order valence-corrected chi connectivity index (χ1v) is 6.95. The number of hydrogen-bond donors (Lipinski definition) is 1. The molecule has 0 aliphatic rings. The normalized spacial score (nSPS) is 11.8. The molecular weight excluding hydrogens is 262 g/mol. The lowest BCUT2D eigenvalue weighted by Gasteiger charge is -2.03. The zero-order valence-electron chi connectivity index (χ0n) is 8.97. The molecule has 0 radical (unpaired) electrons. The van der Waals surface area contributed by atoms with Crippen LogP contribution in [0.5, 0.6) is 0 Å². The largest absolute Gasteiger partial charge is 0.293 e. The van der Waals surface area contributed by atoms with Crippen molar-refractivity contribution in [3.8, 4) is 0 Å². The fourth-order valence-corrected chi connectivity index (χ4v) is 2.20. The van der Waals surface area contributed by atoms with E-state index in [2.05, 4.69) is 4.72 Å². The van der Waals surface area contributed by atoms with E-state index in [1.807, 2.05) is 0 Å². The fourth-order valence-electron chi connectivity index (χ4n) is 1.15. The number of benzene rings is 1. The Bertz CT molecular complexity index is 497. The van der Waals surface area contributed by atoms with E-state index < -0.39 is 21.6 Å². The van der Waals surface area contributed by atoms with Crippen molar-refractivity contribution in [1.82, 2.24) is 4.72 Å². The standard InChI is InChI=1S/C11H12ClNO3S/c12-7-4-8-13-17(15,16)9-11(14)10-5-2-1-3-6-10/h1-7,13H,8-9H2/b7-4+. The highest BCUT2D eigenvalue weighted by Crippen LogP contribution is 2.01. The van der Waals surface area contributed by atoms with Crippen LogP contribution in [0.2, 0.25) is 0 Å². The second-order valence-corrected chi connectivity index (χ2v) is 5.32. The quantitative estimate of drug-likeness (QED) is 0.800. The molecule has 1 aromatic rings. The van der Waals surface area contributed by atoms with E-state index in [0.717, 1.165) is 0 Å². The molecular formula is C11H12ClNO3S. The highest BCUT2D eigenvalue weighted by Gasteiger charge is 2.16. The summed E-state index contributed by atoms with van der Waals surface area (Å²) in [6, 6.07) is 8.29. The van der Waals surface area contributed by atoms with Gasteiger partial charge in [-0.2, -0.15) is 0 Å². The fraction of sp³-hybridized carbons (Fsp3) is 0.182. The van der Waals surface area contributed by atoms with Crippen LogP contribution in [0.3, 0.4) is 0 Å². The SMILES string of the molecule is O=C(CS(=O)(=O)NC/C=C/Cl)c1ccccc1. The average molecular weight is 274 g/mol. The van der Waals surface area contributed by atoms with Gasteiger partial charge >= 0.3 is 0 Å². The second kappa shape index (κ2) is 6.54. The number of halogens is 1. The minimum atomic E-state index is -3.61. The van der Waals surface area contributed by atoms with Crippen LogP contribution in [0.15, 0.2) is 41.9 Å². The minimum Gasteiger partial charge on any atom is -0.293 e. The van der Waals surface area contributed by atoms with Gasteiger partial charge in [-0.25, -0.2) is 13.1 Å². The molecule has 0 atom stereocenters. The van der Waals surface area contributed by atoms with Crippen molar-refractivity contribution in [2.45, 2.75) is 0 Å². The first-order valence-electron chi connectivity index (χ1n) is 4.86. The number of ketones is 1. The number of nitrogens with one attached hydrogen (secondary N) is 1. The van der Waals surface area contributed by atoms with E-state index in [4.69, 9.17) is 11.6 Å². The Morgan fingerprint density at radius 3 is 2.53 bits per heavy atom. The topological polar surface area (TPSA) is 63.2 Å². The Labute approximate surface area is 105 Å². The predicted molar refractivity (Wildman–Crippen MR) is 67.6 cm³/mol. The lowest BCUT2D eigenvalue weighted by molar-refractivity contribution is 0.102. The first kappa shape index (κ1) is 13.9.